The number of carbonyl (C=O) groups excluding carboxylic acids is 1. The molecule has 0 bridgehead atoms. The van der Waals surface area contributed by atoms with Crippen molar-refractivity contribution in [2.45, 2.75) is 26.3 Å². The van der Waals surface area contributed by atoms with Crippen LogP contribution in [0.25, 0.3) is 10.9 Å². The summed E-state index contributed by atoms with van der Waals surface area (Å²) < 4.78 is 1.98. The van der Waals surface area contributed by atoms with E-state index in [1.165, 1.54) is 0 Å². The number of anilines is 1. The van der Waals surface area contributed by atoms with Crippen molar-refractivity contribution in [1.29, 1.82) is 0 Å². The average molecular weight is 295 g/mol. The Bertz CT molecular complexity index is 756. The first-order valence-electron chi connectivity index (χ1n) is 7.64. The summed E-state index contributed by atoms with van der Waals surface area (Å²) in [5.41, 5.74) is 1.88. The van der Waals surface area contributed by atoms with Crippen molar-refractivity contribution in [2.24, 2.45) is 5.92 Å². The molecule has 2 N–H and O–H groups in total. The van der Waals surface area contributed by atoms with Gasteiger partial charge in [0.25, 0.3) is 0 Å². The van der Waals surface area contributed by atoms with Gasteiger partial charge in [0.15, 0.2) is 0 Å². The van der Waals surface area contributed by atoms with Gasteiger partial charge in [-0.1, -0.05) is 19.9 Å². The van der Waals surface area contributed by atoms with Crippen molar-refractivity contribution in [1.82, 2.24) is 9.55 Å². The molecule has 3 rings (SSSR count). The summed E-state index contributed by atoms with van der Waals surface area (Å²) in [5, 5.41) is 4.12. The van der Waals surface area contributed by atoms with Crippen molar-refractivity contribution in [3.63, 3.8) is 0 Å². The number of aromatic nitrogens is 2. The maximum absolute atomic E-state index is 12.8. The Morgan fingerprint density at radius 3 is 2.68 bits per heavy atom. The lowest BCUT2D eigenvalue weighted by atomic mass is 10.0. The number of rotatable bonds is 5. The zero-order valence-corrected chi connectivity index (χ0v) is 12.9. The fourth-order valence-electron chi connectivity index (χ4n) is 2.78. The molecule has 2 heterocycles. The van der Waals surface area contributed by atoms with Crippen LogP contribution in [0.15, 0.2) is 55.0 Å². The molecule has 0 aliphatic carbocycles. The van der Waals surface area contributed by atoms with Crippen molar-refractivity contribution >= 4 is 22.5 Å². The number of H-pyrrole nitrogens is 1. The van der Waals surface area contributed by atoms with Gasteiger partial charge in [-0.2, -0.15) is 0 Å². The maximum atomic E-state index is 12.8. The average Bonchev–Trinajstić information content (AvgIpc) is 3.16. The number of hydrogen-bond donors (Lipinski definition) is 2. The molecule has 1 unspecified atom stereocenters. The third kappa shape index (κ3) is 2.91. The molecule has 0 fully saturated rings. The van der Waals surface area contributed by atoms with Crippen LogP contribution in [0.4, 0.5) is 5.69 Å². The second kappa shape index (κ2) is 6.10. The first-order chi connectivity index (χ1) is 10.6. The van der Waals surface area contributed by atoms with Gasteiger partial charge in [-0.05, 0) is 42.7 Å². The molecule has 0 spiro atoms. The zero-order chi connectivity index (χ0) is 15.5. The molecule has 4 nitrogen and oxygen atoms in total. The van der Waals surface area contributed by atoms with Crippen LogP contribution in [0.2, 0.25) is 0 Å². The lowest BCUT2D eigenvalue weighted by Crippen LogP contribution is -2.26. The maximum Gasteiger partial charge on any atom is 0.247 e. The quantitative estimate of drug-likeness (QED) is 0.728. The van der Waals surface area contributed by atoms with Crippen LogP contribution in [0.3, 0.4) is 0 Å². The highest BCUT2D eigenvalue weighted by atomic mass is 16.2. The van der Waals surface area contributed by atoms with Crippen LogP contribution >= 0.6 is 0 Å². The van der Waals surface area contributed by atoms with E-state index < -0.39 is 0 Å². The molecule has 0 aliphatic rings. The molecule has 3 aromatic rings. The van der Waals surface area contributed by atoms with Crippen LogP contribution < -0.4 is 5.32 Å². The molecule has 1 amide bonds. The molecule has 0 saturated heterocycles. The highest BCUT2D eigenvalue weighted by Gasteiger charge is 2.21. The number of aromatic amines is 1. The van der Waals surface area contributed by atoms with E-state index in [9.17, 15) is 4.79 Å². The van der Waals surface area contributed by atoms with E-state index in [0.717, 1.165) is 23.0 Å². The number of benzene rings is 1. The molecule has 2 aromatic heterocycles. The predicted octanol–water partition coefficient (Wildman–Crippen LogP) is 4.20. The zero-order valence-electron chi connectivity index (χ0n) is 12.9. The summed E-state index contributed by atoms with van der Waals surface area (Å²) in [6.45, 7) is 4.27. The van der Waals surface area contributed by atoms with Crippen LogP contribution in [0.5, 0.6) is 0 Å². The minimum absolute atomic E-state index is 0.0265. The number of carbonyl (C=O) groups is 1. The van der Waals surface area contributed by atoms with Gasteiger partial charge in [-0.25, -0.2) is 0 Å². The van der Waals surface area contributed by atoms with Gasteiger partial charge in [0, 0.05) is 29.5 Å². The van der Waals surface area contributed by atoms with E-state index >= 15 is 0 Å². The number of nitrogens with zero attached hydrogens (tertiary/aromatic N) is 1. The summed E-state index contributed by atoms with van der Waals surface area (Å²) in [4.78, 5) is 15.9. The monoisotopic (exact) mass is 295 g/mol. The topological polar surface area (TPSA) is 49.8 Å². The van der Waals surface area contributed by atoms with Crippen molar-refractivity contribution in [3.05, 3.63) is 55.0 Å². The summed E-state index contributed by atoms with van der Waals surface area (Å²) in [7, 11) is 0. The van der Waals surface area contributed by atoms with Gasteiger partial charge in [0.05, 0.1) is 5.69 Å². The first kappa shape index (κ1) is 14.4. The number of hydrogen-bond acceptors (Lipinski definition) is 1. The van der Waals surface area contributed by atoms with Gasteiger partial charge in [0.1, 0.15) is 6.04 Å². The summed E-state index contributed by atoms with van der Waals surface area (Å²) >= 11 is 0. The third-order valence-corrected chi connectivity index (χ3v) is 3.84. The molecule has 0 radical (unpaired) electrons. The van der Waals surface area contributed by atoms with Crippen molar-refractivity contribution in [3.8, 4) is 0 Å². The minimum atomic E-state index is -0.191. The molecule has 1 aromatic carbocycles. The Labute approximate surface area is 130 Å². The molecule has 1 atom stereocenters. The van der Waals surface area contributed by atoms with Gasteiger partial charge in [0.2, 0.25) is 5.91 Å². The lowest BCUT2D eigenvalue weighted by molar-refractivity contribution is -0.119. The number of fused-ring (bicyclic) bond motifs is 1. The summed E-state index contributed by atoms with van der Waals surface area (Å²) in [6, 6.07) is 11.6. The smallest absolute Gasteiger partial charge is 0.247 e. The van der Waals surface area contributed by atoms with Crippen LogP contribution in [-0.4, -0.2) is 15.5 Å². The normalized spacial score (nSPS) is 12.7. The van der Waals surface area contributed by atoms with E-state index in [4.69, 9.17) is 0 Å². The summed E-state index contributed by atoms with van der Waals surface area (Å²) in [5.74, 6) is 0.472. The highest BCUT2D eigenvalue weighted by Crippen LogP contribution is 2.25. The fourth-order valence-corrected chi connectivity index (χ4v) is 2.78. The highest BCUT2D eigenvalue weighted by molar-refractivity contribution is 6.02. The van der Waals surface area contributed by atoms with Gasteiger partial charge in [-0.15, -0.1) is 0 Å². The minimum Gasteiger partial charge on any atom is -0.361 e. The van der Waals surface area contributed by atoms with E-state index in [1.807, 2.05) is 59.6 Å². The second-order valence-electron chi connectivity index (χ2n) is 6.01. The first-order valence-corrected chi connectivity index (χ1v) is 7.64. The molecule has 22 heavy (non-hydrogen) atoms. The molecular formula is C18H21N3O. The van der Waals surface area contributed by atoms with Crippen LogP contribution in [0, 0.1) is 5.92 Å². The van der Waals surface area contributed by atoms with Gasteiger partial charge >= 0.3 is 0 Å². The Morgan fingerprint density at radius 1 is 1.18 bits per heavy atom. The Balaban J connectivity index is 1.86. The van der Waals surface area contributed by atoms with Gasteiger partial charge in [-0.3, -0.25) is 4.79 Å². The lowest BCUT2D eigenvalue weighted by Gasteiger charge is -2.20. The fraction of sp³-hybridized carbons (Fsp3) is 0.278. The molecular weight excluding hydrogens is 274 g/mol. The van der Waals surface area contributed by atoms with E-state index in [0.29, 0.717) is 5.92 Å². The predicted molar refractivity (Wildman–Crippen MR) is 89.9 cm³/mol. The largest absolute Gasteiger partial charge is 0.361 e. The van der Waals surface area contributed by atoms with E-state index in [-0.39, 0.29) is 11.9 Å². The Morgan fingerprint density at radius 2 is 1.95 bits per heavy atom. The van der Waals surface area contributed by atoms with Crippen LogP contribution in [-0.2, 0) is 4.79 Å². The number of nitrogens with one attached hydrogen (secondary N) is 2. The Hall–Kier alpha value is -2.49. The third-order valence-electron chi connectivity index (χ3n) is 3.84. The van der Waals surface area contributed by atoms with Gasteiger partial charge < -0.3 is 14.9 Å². The molecule has 4 heteroatoms. The van der Waals surface area contributed by atoms with Crippen molar-refractivity contribution in [2.75, 3.05) is 5.32 Å². The molecule has 0 saturated carbocycles. The van der Waals surface area contributed by atoms with E-state index in [2.05, 4.69) is 24.1 Å². The van der Waals surface area contributed by atoms with E-state index in [1.54, 1.807) is 0 Å². The SMILES string of the molecule is CC(C)CC(C(=O)Nc1cccc2[nH]ccc12)n1cccc1. The Kier molecular flexibility index (Phi) is 4.00. The standard InChI is InChI=1S/C18H21N3O/c1-13(2)12-17(21-10-3-4-11-21)18(22)20-16-7-5-6-15-14(16)8-9-19-15/h3-11,13,17,19H,12H2,1-2H3,(H,20,22). The molecule has 0 aliphatic heterocycles. The second-order valence-corrected chi connectivity index (χ2v) is 6.01. The number of amides is 1. The van der Waals surface area contributed by atoms with Crippen LogP contribution in [0.1, 0.15) is 26.3 Å². The summed E-state index contributed by atoms with van der Waals surface area (Å²) in [6.07, 6.45) is 6.59. The molecule has 114 valence electrons. The van der Waals surface area contributed by atoms with Crippen molar-refractivity contribution < 1.29 is 4.79 Å².